The van der Waals surface area contributed by atoms with Crippen LogP contribution in [0.4, 0.5) is 4.79 Å². The molecule has 1 amide bonds. The van der Waals surface area contributed by atoms with E-state index >= 15 is 0 Å². The summed E-state index contributed by atoms with van der Waals surface area (Å²) in [7, 11) is 0. The summed E-state index contributed by atoms with van der Waals surface area (Å²) in [4.78, 5) is 13.9. The molecule has 5 heteroatoms. The highest BCUT2D eigenvalue weighted by atomic mass is 16.6. The van der Waals surface area contributed by atoms with Crippen LogP contribution in [0.15, 0.2) is 0 Å². The molecule has 0 spiro atoms. The lowest BCUT2D eigenvalue weighted by Gasteiger charge is -2.41. The molecular formula is C17H33NO4. The number of ether oxygens (including phenoxy) is 2. The highest BCUT2D eigenvalue weighted by Gasteiger charge is 2.36. The third-order valence-corrected chi connectivity index (χ3v) is 4.09. The van der Waals surface area contributed by atoms with Gasteiger partial charge in [0.05, 0.1) is 17.8 Å². The van der Waals surface area contributed by atoms with Gasteiger partial charge in [-0.3, -0.25) is 0 Å². The van der Waals surface area contributed by atoms with Crippen molar-refractivity contribution in [3.05, 3.63) is 0 Å². The summed E-state index contributed by atoms with van der Waals surface area (Å²) in [5, 5.41) is 9.78. The van der Waals surface area contributed by atoms with Crippen LogP contribution in [-0.2, 0) is 9.47 Å². The van der Waals surface area contributed by atoms with Crippen molar-refractivity contribution in [2.24, 2.45) is 0 Å². The maximum Gasteiger partial charge on any atom is 0.410 e. The molecular weight excluding hydrogens is 282 g/mol. The molecule has 1 heterocycles. The van der Waals surface area contributed by atoms with E-state index in [0.717, 1.165) is 19.3 Å². The lowest BCUT2D eigenvalue weighted by molar-refractivity contribution is -0.0992. The first-order chi connectivity index (χ1) is 9.96. The first-order valence-corrected chi connectivity index (χ1v) is 8.31. The van der Waals surface area contributed by atoms with Gasteiger partial charge in [-0.15, -0.1) is 0 Å². The number of piperidine rings is 1. The van der Waals surface area contributed by atoms with E-state index in [2.05, 4.69) is 6.92 Å². The van der Waals surface area contributed by atoms with Crippen LogP contribution in [0, 0.1) is 0 Å². The number of hydrogen-bond acceptors (Lipinski definition) is 4. The molecule has 0 aromatic carbocycles. The minimum Gasteiger partial charge on any atom is -0.444 e. The zero-order valence-corrected chi connectivity index (χ0v) is 15.1. The van der Waals surface area contributed by atoms with Gasteiger partial charge in [0.25, 0.3) is 0 Å². The molecule has 22 heavy (non-hydrogen) atoms. The standard InChI is InChI=1S/C17H33NO4/c1-7-17(21-13-10-16(5,6)20)8-11-18(12-9-17)14(19)22-15(2,3)4/h20H,7-13H2,1-6H3. The fourth-order valence-electron chi connectivity index (χ4n) is 2.54. The maximum absolute atomic E-state index is 12.1. The first kappa shape index (κ1) is 19.2. The van der Waals surface area contributed by atoms with E-state index in [1.165, 1.54) is 0 Å². The van der Waals surface area contributed by atoms with Crippen molar-refractivity contribution >= 4 is 6.09 Å². The molecule has 0 bridgehead atoms. The Labute approximate surface area is 135 Å². The average Bonchev–Trinajstić information content (AvgIpc) is 2.36. The van der Waals surface area contributed by atoms with Crippen molar-refractivity contribution in [1.82, 2.24) is 4.90 Å². The molecule has 0 saturated carbocycles. The summed E-state index contributed by atoms with van der Waals surface area (Å²) in [5.74, 6) is 0. The van der Waals surface area contributed by atoms with E-state index in [4.69, 9.17) is 9.47 Å². The second-order valence-electron chi connectivity index (χ2n) is 7.91. The smallest absolute Gasteiger partial charge is 0.410 e. The van der Waals surface area contributed by atoms with Crippen molar-refractivity contribution in [3.8, 4) is 0 Å². The zero-order chi connectivity index (χ0) is 17.0. The third kappa shape index (κ3) is 6.53. The van der Waals surface area contributed by atoms with Gasteiger partial charge in [0, 0.05) is 13.1 Å². The number of carbonyl (C=O) groups excluding carboxylic acids is 1. The molecule has 1 rings (SSSR count). The summed E-state index contributed by atoms with van der Waals surface area (Å²) in [6, 6.07) is 0. The molecule has 0 aromatic rings. The van der Waals surface area contributed by atoms with Crippen molar-refractivity contribution < 1.29 is 19.4 Å². The number of nitrogens with zero attached hydrogens (tertiary/aromatic N) is 1. The minimum absolute atomic E-state index is 0.177. The Morgan fingerprint density at radius 2 is 1.73 bits per heavy atom. The number of likely N-dealkylation sites (tertiary alicyclic amines) is 1. The Balaban J connectivity index is 2.48. The molecule has 0 radical (unpaired) electrons. The van der Waals surface area contributed by atoms with E-state index in [0.29, 0.717) is 26.1 Å². The van der Waals surface area contributed by atoms with Gasteiger partial charge in [-0.2, -0.15) is 0 Å². The Morgan fingerprint density at radius 1 is 1.18 bits per heavy atom. The highest BCUT2D eigenvalue weighted by Crippen LogP contribution is 2.31. The number of amides is 1. The number of carbonyl (C=O) groups is 1. The van der Waals surface area contributed by atoms with Crippen molar-refractivity contribution in [2.45, 2.75) is 84.0 Å². The summed E-state index contributed by atoms with van der Waals surface area (Å²) in [6.45, 7) is 13.2. The van der Waals surface area contributed by atoms with Crippen LogP contribution < -0.4 is 0 Å². The molecule has 0 unspecified atom stereocenters. The second kappa shape index (κ2) is 7.18. The van der Waals surface area contributed by atoms with Gasteiger partial charge in [-0.05, 0) is 60.3 Å². The van der Waals surface area contributed by atoms with Gasteiger partial charge in [0.2, 0.25) is 0 Å². The van der Waals surface area contributed by atoms with E-state index in [-0.39, 0.29) is 11.7 Å². The molecule has 1 fully saturated rings. The van der Waals surface area contributed by atoms with Crippen LogP contribution in [0.5, 0.6) is 0 Å². The lowest BCUT2D eigenvalue weighted by atomic mass is 9.88. The van der Waals surface area contributed by atoms with Crippen LogP contribution in [0.1, 0.15) is 67.2 Å². The number of aliphatic hydroxyl groups is 1. The SMILES string of the molecule is CCC1(OCCC(C)(C)O)CCN(C(=O)OC(C)(C)C)CC1. The fraction of sp³-hybridized carbons (Fsp3) is 0.941. The molecule has 0 aromatic heterocycles. The number of hydrogen-bond donors (Lipinski definition) is 1. The predicted molar refractivity (Wildman–Crippen MR) is 86.9 cm³/mol. The van der Waals surface area contributed by atoms with Crippen LogP contribution >= 0.6 is 0 Å². The van der Waals surface area contributed by atoms with Gasteiger partial charge in [0.15, 0.2) is 0 Å². The summed E-state index contributed by atoms with van der Waals surface area (Å²) < 4.78 is 11.5. The zero-order valence-electron chi connectivity index (χ0n) is 15.1. The maximum atomic E-state index is 12.1. The molecule has 1 saturated heterocycles. The monoisotopic (exact) mass is 315 g/mol. The second-order valence-corrected chi connectivity index (χ2v) is 7.91. The van der Waals surface area contributed by atoms with E-state index in [9.17, 15) is 9.90 Å². The molecule has 1 N–H and O–H groups in total. The van der Waals surface area contributed by atoms with Gasteiger partial charge < -0.3 is 19.5 Å². The summed E-state index contributed by atoms with van der Waals surface area (Å²) in [5.41, 5.74) is -1.34. The molecule has 0 aliphatic carbocycles. The molecule has 0 atom stereocenters. The number of rotatable bonds is 5. The molecule has 130 valence electrons. The quantitative estimate of drug-likeness (QED) is 0.845. The van der Waals surface area contributed by atoms with Crippen LogP contribution in [0.2, 0.25) is 0 Å². The van der Waals surface area contributed by atoms with Gasteiger partial charge in [-0.1, -0.05) is 6.92 Å². The van der Waals surface area contributed by atoms with Gasteiger partial charge in [0.1, 0.15) is 5.60 Å². The van der Waals surface area contributed by atoms with Gasteiger partial charge in [-0.25, -0.2) is 4.79 Å². The summed E-state index contributed by atoms with van der Waals surface area (Å²) >= 11 is 0. The van der Waals surface area contributed by atoms with Crippen LogP contribution in [-0.4, -0.2) is 52.6 Å². The summed E-state index contributed by atoms with van der Waals surface area (Å²) in [6.07, 6.45) is 2.92. The Morgan fingerprint density at radius 3 is 2.14 bits per heavy atom. The Bertz CT molecular complexity index is 360. The molecule has 1 aliphatic heterocycles. The predicted octanol–water partition coefficient (Wildman–Crippen LogP) is 3.34. The average molecular weight is 315 g/mol. The Kier molecular flexibility index (Phi) is 6.27. The van der Waals surface area contributed by atoms with Crippen molar-refractivity contribution in [1.29, 1.82) is 0 Å². The van der Waals surface area contributed by atoms with E-state index < -0.39 is 11.2 Å². The lowest BCUT2D eigenvalue weighted by Crippen LogP contribution is -2.49. The third-order valence-electron chi connectivity index (χ3n) is 4.09. The van der Waals surface area contributed by atoms with Crippen LogP contribution in [0.25, 0.3) is 0 Å². The van der Waals surface area contributed by atoms with Crippen molar-refractivity contribution in [2.75, 3.05) is 19.7 Å². The molecule has 1 aliphatic rings. The minimum atomic E-state index is -0.702. The highest BCUT2D eigenvalue weighted by molar-refractivity contribution is 5.68. The fourth-order valence-corrected chi connectivity index (χ4v) is 2.54. The topological polar surface area (TPSA) is 59.0 Å². The molecule has 5 nitrogen and oxygen atoms in total. The first-order valence-electron chi connectivity index (χ1n) is 8.31. The van der Waals surface area contributed by atoms with Crippen molar-refractivity contribution in [3.63, 3.8) is 0 Å². The van der Waals surface area contributed by atoms with E-state index in [1.54, 1.807) is 18.7 Å². The normalized spacial score (nSPS) is 19.1. The Hall–Kier alpha value is -0.810. The van der Waals surface area contributed by atoms with E-state index in [1.807, 2.05) is 20.8 Å². The largest absolute Gasteiger partial charge is 0.444 e. The van der Waals surface area contributed by atoms with Gasteiger partial charge >= 0.3 is 6.09 Å². The van der Waals surface area contributed by atoms with Crippen LogP contribution in [0.3, 0.4) is 0 Å².